The van der Waals surface area contributed by atoms with Crippen LogP contribution in [0.15, 0.2) is 29.8 Å². The predicted octanol–water partition coefficient (Wildman–Crippen LogP) is 4.49. The Morgan fingerprint density at radius 2 is 2.00 bits per heavy atom. The van der Waals surface area contributed by atoms with Crippen molar-refractivity contribution >= 4 is 11.6 Å². The summed E-state index contributed by atoms with van der Waals surface area (Å²) in [6, 6.07) is 5.91. The number of halogens is 1. The molecule has 0 heterocycles. The normalized spacial score (nSPS) is 11.3. The minimum Gasteiger partial charge on any atom is -0.493 e. The zero-order chi connectivity index (χ0) is 15.9. The molecule has 0 aliphatic rings. The van der Waals surface area contributed by atoms with Gasteiger partial charge < -0.3 is 14.8 Å². The number of ether oxygens (including phenoxy) is 2. The van der Waals surface area contributed by atoms with E-state index >= 15 is 0 Å². The van der Waals surface area contributed by atoms with Crippen molar-refractivity contribution in [2.24, 2.45) is 0 Å². The summed E-state index contributed by atoms with van der Waals surface area (Å²) < 4.78 is 11.4. The third-order valence-electron chi connectivity index (χ3n) is 2.70. The van der Waals surface area contributed by atoms with E-state index in [0.717, 1.165) is 30.0 Å². The highest BCUT2D eigenvalue weighted by Gasteiger charge is 2.12. The minimum absolute atomic E-state index is 0.0464. The summed E-state index contributed by atoms with van der Waals surface area (Å²) in [6.07, 6.45) is 0.974. The predicted molar refractivity (Wildman–Crippen MR) is 89.3 cm³/mol. The van der Waals surface area contributed by atoms with E-state index in [2.05, 4.69) is 39.6 Å². The summed E-state index contributed by atoms with van der Waals surface area (Å²) in [5.74, 6) is 1.59. The first-order valence-corrected chi connectivity index (χ1v) is 7.66. The quantitative estimate of drug-likeness (QED) is 0.767. The van der Waals surface area contributed by atoms with Crippen molar-refractivity contribution in [3.05, 3.63) is 35.4 Å². The van der Waals surface area contributed by atoms with Gasteiger partial charge in [-0.25, -0.2) is 0 Å². The van der Waals surface area contributed by atoms with Crippen molar-refractivity contribution in [3.8, 4) is 11.5 Å². The van der Waals surface area contributed by atoms with Gasteiger partial charge in [0.05, 0.1) is 6.61 Å². The standard InChI is InChI=1S/C17H26ClNO2/c1-6-9-20-15-8-7-14(11-19-17(3,4)5)16(10-15)21-12-13(2)18/h7-8,10,19H,2,6,9,11-12H2,1,3-5H3. The van der Waals surface area contributed by atoms with Crippen molar-refractivity contribution in [1.29, 1.82) is 0 Å². The van der Waals surface area contributed by atoms with Gasteiger partial charge in [0, 0.05) is 28.7 Å². The van der Waals surface area contributed by atoms with E-state index < -0.39 is 0 Å². The van der Waals surface area contributed by atoms with Crippen LogP contribution in [0.2, 0.25) is 0 Å². The van der Waals surface area contributed by atoms with Crippen LogP contribution in [0.3, 0.4) is 0 Å². The second-order valence-electron chi connectivity index (χ2n) is 6.03. The molecule has 4 heteroatoms. The van der Waals surface area contributed by atoms with Crippen molar-refractivity contribution in [3.63, 3.8) is 0 Å². The molecule has 0 unspecified atom stereocenters. The fourth-order valence-corrected chi connectivity index (χ4v) is 1.70. The first-order valence-electron chi connectivity index (χ1n) is 7.28. The molecule has 0 aromatic heterocycles. The molecule has 0 atom stereocenters. The summed E-state index contributed by atoms with van der Waals surface area (Å²) in [5.41, 5.74) is 1.12. The van der Waals surface area contributed by atoms with Crippen LogP contribution < -0.4 is 14.8 Å². The highest BCUT2D eigenvalue weighted by atomic mass is 35.5. The molecule has 0 saturated carbocycles. The molecule has 0 saturated heterocycles. The average Bonchev–Trinajstić information content (AvgIpc) is 2.40. The zero-order valence-corrected chi connectivity index (χ0v) is 14.2. The number of benzene rings is 1. The average molecular weight is 312 g/mol. The van der Waals surface area contributed by atoms with Gasteiger partial charge in [-0.3, -0.25) is 0 Å². The van der Waals surface area contributed by atoms with E-state index in [4.69, 9.17) is 21.1 Å². The maximum Gasteiger partial charge on any atom is 0.128 e. The van der Waals surface area contributed by atoms with Gasteiger partial charge in [-0.2, -0.15) is 0 Å². The van der Waals surface area contributed by atoms with E-state index in [-0.39, 0.29) is 5.54 Å². The van der Waals surface area contributed by atoms with Crippen LogP contribution in [-0.4, -0.2) is 18.8 Å². The lowest BCUT2D eigenvalue weighted by molar-refractivity contribution is 0.310. The summed E-state index contributed by atoms with van der Waals surface area (Å²) in [7, 11) is 0. The lowest BCUT2D eigenvalue weighted by Crippen LogP contribution is -2.35. The Balaban J connectivity index is 2.85. The third-order valence-corrected chi connectivity index (χ3v) is 2.81. The van der Waals surface area contributed by atoms with Crippen LogP contribution in [0.5, 0.6) is 11.5 Å². The molecule has 0 amide bonds. The first kappa shape index (κ1) is 17.9. The maximum atomic E-state index is 5.79. The van der Waals surface area contributed by atoms with Gasteiger partial charge in [-0.1, -0.05) is 31.2 Å². The molecular formula is C17H26ClNO2. The van der Waals surface area contributed by atoms with Gasteiger partial charge in [0.25, 0.3) is 0 Å². The molecule has 21 heavy (non-hydrogen) atoms. The van der Waals surface area contributed by atoms with Crippen LogP contribution in [0.25, 0.3) is 0 Å². The largest absolute Gasteiger partial charge is 0.493 e. The topological polar surface area (TPSA) is 30.5 Å². The van der Waals surface area contributed by atoms with Gasteiger partial charge in [-0.05, 0) is 33.3 Å². The Morgan fingerprint density at radius 1 is 1.29 bits per heavy atom. The number of hydrogen-bond donors (Lipinski definition) is 1. The lowest BCUT2D eigenvalue weighted by Gasteiger charge is -2.22. The van der Waals surface area contributed by atoms with Crippen LogP contribution in [0.1, 0.15) is 39.7 Å². The Hall–Kier alpha value is -1.19. The van der Waals surface area contributed by atoms with Gasteiger partial charge in [0.1, 0.15) is 18.1 Å². The first-order chi connectivity index (χ1) is 9.81. The summed E-state index contributed by atoms with van der Waals surface area (Å²) in [4.78, 5) is 0. The molecule has 0 radical (unpaired) electrons. The molecular weight excluding hydrogens is 286 g/mol. The van der Waals surface area contributed by atoms with Gasteiger partial charge in [0.2, 0.25) is 0 Å². The van der Waals surface area contributed by atoms with Crippen molar-refractivity contribution in [2.45, 2.75) is 46.2 Å². The van der Waals surface area contributed by atoms with Crippen LogP contribution in [0.4, 0.5) is 0 Å². The van der Waals surface area contributed by atoms with E-state index in [1.165, 1.54) is 0 Å². The smallest absolute Gasteiger partial charge is 0.128 e. The molecule has 1 rings (SSSR count). The van der Waals surface area contributed by atoms with Crippen LogP contribution in [0, 0.1) is 0 Å². The van der Waals surface area contributed by atoms with Crippen molar-refractivity contribution in [2.75, 3.05) is 13.2 Å². The van der Waals surface area contributed by atoms with Gasteiger partial charge in [-0.15, -0.1) is 0 Å². The van der Waals surface area contributed by atoms with E-state index in [1.807, 2.05) is 18.2 Å². The van der Waals surface area contributed by atoms with Gasteiger partial charge in [0.15, 0.2) is 0 Å². The Morgan fingerprint density at radius 3 is 2.57 bits per heavy atom. The molecule has 1 aromatic rings. The Kier molecular flexibility index (Phi) is 7.06. The summed E-state index contributed by atoms with van der Waals surface area (Å²) >= 11 is 5.79. The van der Waals surface area contributed by atoms with Gasteiger partial charge >= 0.3 is 0 Å². The molecule has 118 valence electrons. The Bertz CT molecular complexity index is 466. The molecule has 0 fully saturated rings. The lowest BCUT2D eigenvalue weighted by atomic mass is 10.1. The maximum absolute atomic E-state index is 5.79. The molecule has 0 aliphatic heterocycles. The summed E-state index contributed by atoms with van der Waals surface area (Å²) in [6.45, 7) is 13.8. The second kappa shape index (κ2) is 8.30. The third kappa shape index (κ3) is 7.39. The molecule has 0 aliphatic carbocycles. The second-order valence-corrected chi connectivity index (χ2v) is 6.56. The van der Waals surface area contributed by atoms with E-state index in [1.54, 1.807) is 0 Å². The molecule has 0 bridgehead atoms. The van der Waals surface area contributed by atoms with Crippen LogP contribution in [-0.2, 0) is 6.54 Å². The fraction of sp³-hybridized carbons (Fsp3) is 0.529. The number of hydrogen-bond acceptors (Lipinski definition) is 3. The molecule has 0 spiro atoms. The van der Waals surface area contributed by atoms with E-state index in [9.17, 15) is 0 Å². The Labute approximate surface area is 133 Å². The number of nitrogens with one attached hydrogen (secondary N) is 1. The molecule has 1 N–H and O–H groups in total. The monoisotopic (exact) mass is 311 g/mol. The minimum atomic E-state index is 0.0464. The highest BCUT2D eigenvalue weighted by molar-refractivity contribution is 6.29. The summed E-state index contributed by atoms with van der Waals surface area (Å²) in [5, 5.41) is 3.93. The highest BCUT2D eigenvalue weighted by Crippen LogP contribution is 2.26. The van der Waals surface area contributed by atoms with Crippen molar-refractivity contribution in [1.82, 2.24) is 5.32 Å². The molecule has 3 nitrogen and oxygen atoms in total. The SMILES string of the molecule is C=C(Cl)COc1cc(OCCC)ccc1CNC(C)(C)C. The van der Waals surface area contributed by atoms with Crippen molar-refractivity contribution < 1.29 is 9.47 Å². The van der Waals surface area contributed by atoms with Crippen LogP contribution >= 0.6 is 11.6 Å². The molecule has 1 aromatic carbocycles. The fourth-order valence-electron chi connectivity index (χ4n) is 1.64. The zero-order valence-electron chi connectivity index (χ0n) is 13.5. The van der Waals surface area contributed by atoms with E-state index in [0.29, 0.717) is 18.2 Å². The number of rotatable bonds is 8.